The van der Waals surface area contributed by atoms with Gasteiger partial charge in [-0.05, 0) is 17.2 Å². The summed E-state index contributed by atoms with van der Waals surface area (Å²) in [5.41, 5.74) is 2.14. The molecule has 3 heteroatoms. The highest BCUT2D eigenvalue weighted by Crippen LogP contribution is 2.01. The van der Waals surface area contributed by atoms with Gasteiger partial charge < -0.3 is 10.1 Å². The first-order valence-corrected chi connectivity index (χ1v) is 6.97. The second-order valence-electron chi connectivity index (χ2n) is 4.57. The molecule has 0 spiro atoms. The maximum absolute atomic E-state index is 11.6. The monoisotopic (exact) mass is 281 g/mol. The highest BCUT2D eigenvalue weighted by atomic mass is 16.5. The van der Waals surface area contributed by atoms with E-state index >= 15 is 0 Å². The molecule has 0 atom stereocenters. The van der Waals surface area contributed by atoms with Crippen molar-refractivity contribution in [1.29, 1.82) is 0 Å². The number of nitrogens with one attached hydrogen (secondary N) is 1. The standard InChI is InChI=1S/C18H19NO2/c20-18(12-11-16-7-3-1-4-8-16)19-13-14-21-15-17-9-5-2-6-10-17/h1-12H,13-15H2,(H,19,20)/b12-11+. The first kappa shape index (κ1) is 15.0. The van der Waals surface area contributed by atoms with Crippen LogP contribution >= 0.6 is 0 Å². The number of rotatable bonds is 7. The van der Waals surface area contributed by atoms with Crippen molar-refractivity contribution in [3.8, 4) is 0 Å². The number of carbonyl (C=O) groups is 1. The Kier molecular flexibility index (Phi) is 6.23. The molecule has 0 aliphatic carbocycles. The molecule has 0 fully saturated rings. The Balaban J connectivity index is 1.60. The van der Waals surface area contributed by atoms with Crippen molar-refractivity contribution in [2.24, 2.45) is 0 Å². The zero-order valence-electron chi connectivity index (χ0n) is 11.9. The summed E-state index contributed by atoms with van der Waals surface area (Å²) in [7, 11) is 0. The molecule has 108 valence electrons. The Hall–Kier alpha value is -2.39. The maximum Gasteiger partial charge on any atom is 0.244 e. The smallest absolute Gasteiger partial charge is 0.244 e. The third kappa shape index (κ3) is 6.06. The third-order valence-corrected chi connectivity index (χ3v) is 2.88. The van der Waals surface area contributed by atoms with Crippen molar-refractivity contribution in [2.45, 2.75) is 6.61 Å². The molecule has 0 aliphatic rings. The molecular formula is C18H19NO2. The Morgan fingerprint density at radius 1 is 1.00 bits per heavy atom. The van der Waals surface area contributed by atoms with E-state index < -0.39 is 0 Å². The summed E-state index contributed by atoms with van der Waals surface area (Å²) in [6.07, 6.45) is 3.33. The third-order valence-electron chi connectivity index (χ3n) is 2.88. The van der Waals surface area contributed by atoms with Gasteiger partial charge in [-0.2, -0.15) is 0 Å². The van der Waals surface area contributed by atoms with Gasteiger partial charge in [-0.1, -0.05) is 60.7 Å². The van der Waals surface area contributed by atoms with Gasteiger partial charge in [-0.15, -0.1) is 0 Å². The van der Waals surface area contributed by atoms with Crippen LogP contribution in [0.4, 0.5) is 0 Å². The highest BCUT2D eigenvalue weighted by molar-refractivity contribution is 5.91. The number of amides is 1. The molecule has 0 saturated heterocycles. The van der Waals surface area contributed by atoms with Crippen LogP contribution in [0.15, 0.2) is 66.7 Å². The van der Waals surface area contributed by atoms with Crippen LogP contribution in [0.5, 0.6) is 0 Å². The Morgan fingerprint density at radius 2 is 1.67 bits per heavy atom. The summed E-state index contributed by atoms with van der Waals surface area (Å²) < 4.78 is 5.49. The molecule has 0 heterocycles. The van der Waals surface area contributed by atoms with Gasteiger partial charge in [0.25, 0.3) is 0 Å². The van der Waals surface area contributed by atoms with Crippen LogP contribution in [0, 0.1) is 0 Å². The zero-order chi connectivity index (χ0) is 14.8. The molecule has 0 radical (unpaired) electrons. The fourth-order valence-electron chi connectivity index (χ4n) is 1.81. The Labute approximate surface area is 125 Å². The van der Waals surface area contributed by atoms with E-state index in [0.717, 1.165) is 11.1 Å². The van der Waals surface area contributed by atoms with Gasteiger partial charge in [0.05, 0.1) is 13.2 Å². The highest BCUT2D eigenvalue weighted by Gasteiger charge is 1.95. The van der Waals surface area contributed by atoms with Crippen LogP contribution in [0.2, 0.25) is 0 Å². The quantitative estimate of drug-likeness (QED) is 0.626. The Morgan fingerprint density at radius 3 is 2.38 bits per heavy atom. The molecular weight excluding hydrogens is 262 g/mol. The van der Waals surface area contributed by atoms with Crippen molar-refractivity contribution < 1.29 is 9.53 Å². The van der Waals surface area contributed by atoms with E-state index in [1.54, 1.807) is 6.08 Å². The minimum absolute atomic E-state index is 0.109. The summed E-state index contributed by atoms with van der Waals surface area (Å²) in [5.74, 6) is -0.109. The number of benzene rings is 2. The normalized spacial score (nSPS) is 10.7. The molecule has 2 aromatic carbocycles. The number of hydrogen-bond acceptors (Lipinski definition) is 2. The molecule has 2 aromatic rings. The van der Waals surface area contributed by atoms with Gasteiger partial charge >= 0.3 is 0 Å². The maximum atomic E-state index is 11.6. The summed E-state index contributed by atoms with van der Waals surface area (Å²) >= 11 is 0. The van der Waals surface area contributed by atoms with E-state index in [4.69, 9.17) is 4.74 Å². The Bertz CT molecular complexity index is 564. The van der Waals surface area contributed by atoms with Gasteiger partial charge in [0, 0.05) is 12.6 Å². The van der Waals surface area contributed by atoms with Crippen molar-refractivity contribution >= 4 is 12.0 Å². The summed E-state index contributed by atoms with van der Waals surface area (Å²) in [4.78, 5) is 11.6. The molecule has 21 heavy (non-hydrogen) atoms. The van der Waals surface area contributed by atoms with Crippen LogP contribution < -0.4 is 5.32 Å². The second-order valence-corrected chi connectivity index (χ2v) is 4.57. The number of ether oxygens (including phenoxy) is 1. The van der Waals surface area contributed by atoms with E-state index in [1.165, 1.54) is 6.08 Å². The average molecular weight is 281 g/mol. The number of hydrogen-bond donors (Lipinski definition) is 1. The molecule has 0 saturated carbocycles. The summed E-state index contributed by atoms with van der Waals surface area (Å²) in [6.45, 7) is 1.57. The lowest BCUT2D eigenvalue weighted by Gasteiger charge is -2.05. The molecule has 2 rings (SSSR count). The number of carbonyl (C=O) groups excluding carboxylic acids is 1. The molecule has 0 bridgehead atoms. The largest absolute Gasteiger partial charge is 0.375 e. The van der Waals surface area contributed by atoms with E-state index in [2.05, 4.69) is 5.32 Å². The van der Waals surface area contributed by atoms with Crippen LogP contribution in [-0.4, -0.2) is 19.1 Å². The fourth-order valence-corrected chi connectivity index (χ4v) is 1.81. The predicted octanol–water partition coefficient (Wildman–Crippen LogP) is 3.03. The van der Waals surface area contributed by atoms with Crippen LogP contribution in [0.25, 0.3) is 6.08 Å². The molecule has 0 aromatic heterocycles. The van der Waals surface area contributed by atoms with Gasteiger partial charge in [0.2, 0.25) is 5.91 Å². The van der Waals surface area contributed by atoms with Crippen molar-refractivity contribution in [3.63, 3.8) is 0 Å². The van der Waals surface area contributed by atoms with Crippen molar-refractivity contribution in [3.05, 3.63) is 77.9 Å². The first-order valence-electron chi connectivity index (χ1n) is 6.97. The molecule has 3 nitrogen and oxygen atoms in total. The minimum Gasteiger partial charge on any atom is -0.375 e. The van der Waals surface area contributed by atoms with Gasteiger partial charge in [-0.25, -0.2) is 0 Å². The second kappa shape index (κ2) is 8.72. The fraction of sp³-hybridized carbons (Fsp3) is 0.167. The first-order chi connectivity index (χ1) is 10.3. The van der Waals surface area contributed by atoms with Crippen LogP contribution in [0.1, 0.15) is 11.1 Å². The van der Waals surface area contributed by atoms with E-state index in [9.17, 15) is 4.79 Å². The van der Waals surface area contributed by atoms with E-state index in [0.29, 0.717) is 19.8 Å². The van der Waals surface area contributed by atoms with E-state index in [1.807, 2.05) is 60.7 Å². The SMILES string of the molecule is O=C(/C=C/c1ccccc1)NCCOCc1ccccc1. The molecule has 0 unspecified atom stereocenters. The van der Waals surface area contributed by atoms with Crippen molar-refractivity contribution in [2.75, 3.05) is 13.2 Å². The van der Waals surface area contributed by atoms with Crippen LogP contribution in [0.3, 0.4) is 0 Å². The summed E-state index contributed by atoms with van der Waals surface area (Å²) in [6, 6.07) is 19.7. The summed E-state index contributed by atoms with van der Waals surface area (Å²) in [5, 5.41) is 2.79. The molecule has 1 N–H and O–H groups in total. The lowest BCUT2D eigenvalue weighted by atomic mass is 10.2. The molecule has 0 aliphatic heterocycles. The lowest BCUT2D eigenvalue weighted by Crippen LogP contribution is -2.25. The predicted molar refractivity (Wildman–Crippen MR) is 84.6 cm³/mol. The minimum atomic E-state index is -0.109. The van der Waals surface area contributed by atoms with Gasteiger partial charge in [0.15, 0.2) is 0 Å². The lowest BCUT2D eigenvalue weighted by molar-refractivity contribution is -0.116. The zero-order valence-corrected chi connectivity index (χ0v) is 11.9. The van der Waals surface area contributed by atoms with Crippen LogP contribution in [-0.2, 0) is 16.1 Å². The topological polar surface area (TPSA) is 38.3 Å². The van der Waals surface area contributed by atoms with Gasteiger partial charge in [0.1, 0.15) is 0 Å². The molecule has 1 amide bonds. The van der Waals surface area contributed by atoms with Crippen molar-refractivity contribution in [1.82, 2.24) is 5.32 Å². The van der Waals surface area contributed by atoms with E-state index in [-0.39, 0.29) is 5.91 Å². The average Bonchev–Trinajstić information content (AvgIpc) is 2.54. The van der Waals surface area contributed by atoms with Gasteiger partial charge in [-0.3, -0.25) is 4.79 Å².